The highest BCUT2D eigenvalue weighted by Gasteiger charge is 2.28. The summed E-state index contributed by atoms with van der Waals surface area (Å²) < 4.78 is 40.4. The summed E-state index contributed by atoms with van der Waals surface area (Å²) in [4.78, 5) is 24.9. The Morgan fingerprint density at radius 3 is 2.44 bits per heavy atom. The first-order valence-electron chi connectivity index (χ1n) is 7.97. The molecule has 3 aromatic rings. The van der Waals surface area contributed by atoms with E-state index >= 15 is 0 Å². The summed E-state index contributed by atoms with van der Waals surface area (Å²) in [6.07, 6.45) is -4.51. The summed E-state index contributed by atoms with van der Waals surface area (Å²) in [5, 5.41) is 1.80. The maximum Gasteiger partial charge on any atom is 0.405 e. The zero-order valence-electron chi connectivity index (χ0n) is 14.2. The van der Waals surface area contributed by atoms with Crippen molar-refractivity contribution in [3.05, 3.63) is 63.0 Å². The number of para-hydroxylation sites is 1. The van der Waals surface area contributed by atoms with Gasteiger partial charge in [-0.25, -0.2) is 4.79 Å². The molecule has 1 aromatic heterocycles. The lowest BCUT2D eigenvalue weighted by Gasteiger charge is -2.08. The van der Waals surface area contributed by atoms with Gasteiger partial charge in [0, 0.05) is 4.47 Å². The highest BCUT2D eigenvalue weighted by molar-refractivity contribution is 9.10. The molecule has 9 heteroatoms. The number of carbonyl (C=O) groups is 1. The number of fused-ring (bicyclic) bond motifs is 1. The number of rotatable bonds is 4. The zero-order chi connectivity index (χ0) is 19.8. The van der Waals surface area contributed by atoms with E-state index in [9.17, 15) is 22.8 Å². The Balaban J connectivity index is 2.08. The van der Waals surface area contributed by atoms with E-state index in [2.05, 4.69) is 15.9 Å². The van der Waals surface area contributed by atoms with Gasteiger partial charge >= 0.3 is 11.9 Å². The highest BCUT2D eigenvalue weighted by Crippen LogP contribution is 2.22. The number of alkyl halides is 3. The van der Waals surface area contributed by atoms with Crippen molar-refractivity contribution in [1.29, 1.82) is 0 Å². The monoisotopic (exact) mass is 441 g/mol. The number of imidazole rings is 1. The number of hydrogen-bond donors (Lipinski definition) is 1. The SMILES string of the molecule is Cc1cccc2c1n(-c1ccc(Br)cc1)c(=O)n2CC(=O)NCC(F)(F)F. The standard InChI is InChI=1S/C18H15BrF3N3O2/c1-11-3-2-4-14-16(11)25(13-7-5-12(19)6-8-13)17(27)24(14)9-15(26)23-10-18(20,21)22/h2-8H,9-10H2,1H3,(H,23,26). The first-order chi connectivity index (χ1) is 12.7. The van der Waals surface area contributed by atoms with Gasteiger partial charge < -0.3 is 5.32 Å². The molecule has 142 valence electrons. The predicted molar refractivity (Wildman–Crippen MR) is 99.0 cm³/mol. The van der Waals surface area contributed by atoms with Gasteiger partial charge in [0.2, 0.25) is 5.91 Å². The van der Waals surface area contributed by atoms with E-state index in [1.54, 1.807) is 41.7 Å². The molecule has 0 saturated carbocycles. The Bertz CT molecular complexity index is 1050. The summed E-state index contributed by atoms with van der Waals surface area (Å²) in [7, 11) is 0. The van der Waals surface area contributed by atoms with Crippen LogP contribution in [0.25, 0.3) is 16.7 Å². The third kappa shape index (κ3) is 4.08. The molecule has 1 N–H and O–H groups in total. The van der Waals surface area contributed by atoms with Gasteiger partial charge in [-0.1, -0.05) is 28.1 Å². The molecule has 3 rings (SSSR count). The van der Waals surface area contributed by atoms with Crippen LogP contribution in [0.1, 0.15) is 5.56 Å². The third-order valence-corrected chi connectivity index (χ3v) is 4.55. The average Bonchev–Trinajstić information content (AvgIpc) is 2.87. The van der Waals surface area contributed by atoms with Crippen molar-refractivity contribution in [2.45, 2.75) is 19.6 Å². The summed E-state index contributed by atoms with van der Waals surface area (Å²) in [5.74, 6) is -0.884. The van der Waals surface area contributed by atoms with Gasteiger partial charge in [-0.15, -0.1) is 0 Å². The van der Waals surface area contributed by atoms with Crippen LogP contribution in [-0.4, -0.2) is 27.8 Å². The van der Waals surface area contributed by atoms with Crippen molar-refractivity contribution >= 4 is 32.9 Å². The molecule has 0 aliphatic rings. The van der Waals surface area contributed by atoms with Crippen molar-refractivity contribution in [2.24, 2.45) is 0 Å². The van der Waals surface area contributed by atoms with E-state index in [4.69, 9.17) is 0 Å². The van der Waals surface area contributed by atoms with E-state index in [0.29, 0.717) is 16.7 Å². The summed E-state index contributed by atoms with van der Waals surface area (Å²) in [6.45, 7) is -0.117. The Morgan fingerprint density at radius 1 is 1.15 bits per heavy atom. The van der Waals surface area contributed by atoms with Gasteiger partial charge in [0.15, 0.2) is 0 Å². The number of nitrogens with one attached hydrogen (secondary N) is 1. The number of halogens is 4. The Morgan fingerprint density at radius 2 is 1.81 bits per heavy atom. The van der Waals surface area contributed by atoms with Crippen LogP contribution in [-0.2, 0) is 11.3 Å². The molecule has 5 nitrogen and oxygen atoms in total. The molecule has 0 unspecified atom stereocenters. The molecule has 0 saturated heterocycles. The van der Waals surface area contributed by atoms with Crippen molar-refractivity contribution < 1.29 is 18.0 Å². The molecule has 0 aliphatic carbocycles. The summed E-state index contributed by atoms with van der Waals surface area (Å²) >= 11 is 3.33. The fourth-order valence-electron chi connectivity index (χ4n) is 2.85. The first kappa shape index (κ1) is 19.2. The van der Waals surface area contributed by atoms with Crippen molar-refractivity contribution in [1.82, 2.24) is 14.5 Å². The minimum Gasteiger partial charge on any atom is -0.345 e. The van der Waals surface area contributed by atoms with E-state index in [-0.39, 0.29) is 0 Å². The molecule has 0 atom stereocenters. The van der Waals surface area contributed by atoms with Crippen molar-refractivity contribution in [2.75, 3.05) is 6.54 Å². The number of hydrogen-bond acceptors (Lipinski definition) is 2. The van der Waals surface area contributed by atoms with Crippen LogP contribution < -0.4 is 11.0 Å². The van der Waals surface area contributed by atoms with Crippen LogP contribution in [0.5, 0.6) is 0 Å². The number of nitrogens with zero attached hydrogens (tertiary/aromatic N) is 2. The van der Waals surface area contributed by atoms with Gasteiger partial charge in [0.05, 0.1) is 16.7 Å². The van der Waals surface area contributed by atoms with E-state index in [0.717, 1.165) is 10.0 Å². The molecule has 1 amide bonds. The van der Waals surface area contributed by atoms with Crippen molar-refractivity contribution in [3.8, 4) is 5.69 Å². The van der Waals surface area contributed by atoms with Gasteiger partial charge in [0.25, 0.3) is 0 Å². The lowest BCUT2D eigenvalue weighted by atomic mass is 10.2. The number of amides is 1. The number of aryl methyl sites for hydroxylation is 1. The van der Waals surface area contributed by atoms with Gasteiger partial charge in [-0.2, -0.15) is 13.2 Å². The van der Waals surface area contributed by atoms with Crippen LogP contribution in [0.15, 0.2) is 51.7 Å². The van der Waals surface area contributed by atoms with Gasteiger partial charge in [-0.05, 0) is 42.8 Å². The minimum absolute atomic E-state index is 0.477. The molecule has 2 aromatic carbocycles. The minimum atomic E-state index is -4.51. The number of carbonyl (C=O) groups excluding carboxylic acids is 1. The largest absolute Gasteiger partial charge is 0.405 e. The second-order valence-electron chi connectivity index (χ2n) is 6.02. The normalized spacial score (nSPS) is 11.7. The second kappa shape index (κ2) is 7.22. The van der Waals surface area contributed by atoms with E-state index in [1.165, 1.54) is 9.13 Å². The highest BCUT2D eigenvalue weighted by atomic mass is 79.9. The second-order valence-corrected chi connectivity index (χ2v) is 6.93. The molecule has 0 aliphatic heterocycles. The summed E-state index contributed by atoms with van der Waals surface area (Å²) in [5.41, 5.74) is 1.99. The molecule has 27 heavy (non-hydrogen) atoms. The van der Waals surface area contributed by atoms with Crippen LogP contribution in [0, 0.1) is 6.92 Å². The topological polar surface area (TPSA) is 56.0 Å². The number of benzene rings is 2. The van der Waals surface area contributed by atoms with Gasteiger partial charge in [-0.3, -0.25) is 13.9 Å². The first-order valence-corrected chi connectivity index (χ1v) is 8.77. The molecule has 0 fully saturated rings. The summed E-state index contributed by atoms with van der Waals surface area (Å²) in [6, 6.07) is 12.3. The molecule has 1 heterocycles. The van der Waals surface area contributed by atoms with E-state index < -0.39 is 30.9 Å². The Labute approximate surface area is 160 Å². The Hall–Kier alpha value is -2.55. The fourth-order valence-corrected chi connectivity index (χ4v) is 3.12. The molecule has 0 radical (unpaired) electrons. The Kier molecular flexibility index (Phi) is 5.14. The molecule has 0 bridgehead atoms. The molecule has 0 spiro atoms. The van der Waals surface area contributed by atoms with Crippen LogP contribution in [0.2, 0.25) is 0 Å². The van der Waals surface area contributed by atoms with Crippen molar-refractivity contribution in [3.63, 3.8) is 0 Å². The quantitative estimate of drug-likeness (QED) is 0.672. The lowest BCUT2D eigenvalue weighted by molar-refractivity contribution is -0.138. The maximum absolute atomic E-state index is 13.0. The maximum atomic E-state index is 13.0. The van der Waals surface area contributed by atoms with Crippen LogP contribution in [0.3, 0.4) is 0 Å². The fraction of sp³-hybridized carbons (Fsp3) is 0.222. The lowest BCUT2D eigenvalue weighted by Crippen LogP contribution is -2.37. The predicted octanol–water partition coefficient (Wildman–Crippen LogP) is 3.54. The third-order valence-electron chi connectivity index (χ3n) is 4.03. The molecular formula is C18H15BrF3N3O2. The molecular weight excluding hydrogens is 427 g/mol. The van der Waals surface area contributed by atoms with Crippen LogP contribution in [0.4, 0.5) is 13.2 Å². The van der Waals surface area contributed by atoms with Crippen LogP contribution >= 0.6 is 15.9 Å². The zero-order valence-corrected chi connectivity index (χ0v) is 15.8. The van der Waals surface area contributed by atoms with Gasteiger partial charge in [0.1, 0.15) is 13.1 Å². The smallest absolute Gasteiger partial charge is 0.345 e. The number of aromatic nitrogens is 2. The van der Waals surface area contributed by atoms with E-state index in [1.807, 2.05) is 13.0 Å². The average molecular weight is 442 g/mol.